The lowest BCUT2D eigenvalue weighted by atomic mass is 10.5. The van der Waals surface area contributed by atoms with Crippen molar-refractivity contribution in [1.82, 2.24) is 0 Å². The molecule has 0 heterocycles. The zero-order valence-corrected chi connectivity index (χ0v) is 47.2. The molecule has 0 aromatic heterocycles. The Morgan fingerprint density at radius 3 is 0.846 bits per heavy atom. The molecule has 23 heteroatoms. The van der Waals surface area contributed by atoms with E-state index in [2.05, 4.69) is 52.4 Å². The van der Waals surface area contributed by atoms with E-state index in [9.17, 15) is 26.3 Å². The smallest absolute Gasteiger partial charge is 0.389 e. The second kappa shape index (κ2) is 20.9. The highest BCUT2D eigenvalue weighted by molar-refractivity contribution is 6.88. The third-order valence-electron chi connectivity index (χ3n) is 5.33. The number of hydrogen-bond donors (Lipinski definition) is 0. The maximum absolute atomic E-state index is 12.5. The first kappa shape index (κ1) is 57.8. The van der Waals surface area contributed by atoms with Crippen LogP contribution in [0, 0.1) is 0 Å². The summed E-state index contributed by atoms with van der Waals surface area (Å²) >= 11 is 0. The minimum atomic E-state index is -4.18. The Morgan fingerprint density at radius 2 is 0.615 bits per heavy atom. The van der Waals surface area contributed by atoms with Crippen LogP contribution in [0.15, 0.2) is 0 Å². The molecule has 0 aliphatic carbocycles. The second-order valence-corrected chi connectivity index (χ2v) is 60.7. The summed E-state index contributed by atoms with van der Waals surface area (Å²) in [6.07, 6.45) is -9.98. The van der Waals surface area contributed by atoms with Crippen LogP contribution in [0.1, 0.15) is 12.8 Å². The van der Waals surface area contributed by atoms with E-state index in [0.717, 1.165) is 0 Å². The molecule has 2 unspecified atom stereocenters. The predicted octanol–water partition coefficient (Wildman–Crippen LogP) is 12.7. The van der Waals surface area contributed by atoms with E-state index in [1.165, 1.54) is 0 Å². The van der Waals surface area contributed by atoms with Gasteiger partial charge in [0.05, 0.1) is 0 Å². The van der Waals surface area contributed by atoms with E-state index in [-0.39, 0.29) is 12.1 Å². The van der Waals surface area contributed by atoms with Gasteiger partial charge in [0.15, 0.2) is 49.9 Å². The Hall–Kier alpha value is 1.47. The molecule has 0 rings (SSSR count). The molecule has 0 amide bonds. The van der Waals surface area contributed by atoms with Crippen LogP contribution in [0.5, 0.6) is 0 Å². The van der Waals surface area contributed by atoms with Gasteiger partial charge in [-0.15, -0.1) is 0 Å². The molecule has 0 fully saturated rings. The van der Waals surface area contributed by atoms with Crippen LogP contribution in [0.2, 0.25) is 163 Å². The van der Waals surface area contributed by atoms with Crippen LogP contribution in [-0.4, -0.2) is 97.2 Å². The predicted molar refractivity (Wildman–Crippen MR) is 232 cm³/mol. The minimum absolute atomic E-state index is 0.00889. The molecule has 0 aliphatic heterocycles. The van der Waals surface area contributed by atoms with Crippen LogP contribution in [-0.2, 0) is 28.8 Å². The third-order valence-corrected chi connectivity index (χ3v) is 36.5. The highest BCUT2D eigenvalue weighted by Gasteiger charge is 2.44. The van der Waals surface area contributed by atoms with Crippen molar-refractivity contribution in [2.24, 2.45) is 0 Å². The maximum atomic E-state index is 12.5. The first-order valence-corrected chi connectivity index (χ1v) is 48.5. The summed E-state index contributed by atoms with van der Waals surface area (Å²) in [6, 6.07) is -0.0712. The Bertz CT molecular complexity index is 983. The van der Waals surface area contributed by atoms with Gasteiger partial charge in [-0.1, -0.05) is 0 Å². The van der Waals surface area contributed by atoms with Crippen molar-refractivity contribution in [3.8, 4) is 0 Å². The fraction of sp³-hybridized carbons (Fsp3) is 1.00. The monoisotopic (exact) mass is 932 g/mol. The summed E-state index contributed by atoms with van der Waals surface area (Å²) in [4.78, 5) is 0. The van der Waals surface area contributed by atoms with E-state index in [4.69, 9.17) is 28.8 Å². The Kier molecular flexibility index (Phi) is 23.3. The minimum Gasteiger partial charge on any atom is -0.439 e. The largest absolute Gasteiger partial charge is 0.439 e. The van der Waals surface area contributed by atoms with E-state index in [0.29, 0.717) is 0 Å². The summed E-state index contributed by atoms with van der Waals surface area (Å²) in [5.74, 6) is 0. The standard InChI is InChI=1S/C11H29F3O3Si4.C10H25F3O2Si3.C8H24O2Si3/c1-18(15-19(2,3)4)16-21(8,17-20(5,6)7)10-9-11(12,13)14;1-16(2,3)14-18(7,15-17(4,5)6)9-8-10(11,12)13;1-11(2,3)9-13(7,8)10-12(4,5)6/h18H,9-10H2,1-8H3;8-9H2,1-7H3;1-8H3. The number of hydrogen-bond acceptors (Lipinski definition) is 7. The molecule has 52 heavy (non-hydrogen) atoms. The molecule has 318 valence electrons. The van der Waals surface area contributed by atoms with Crippen LogP contribution in [0.25, 0.3) is 0 Å². The van der Waals surface area contributed by atoms with Gasteiger partial charge in [0.1, 0.15) is 0 Å². The highest BCUT2D eigenvalue weighted by atomic mass is 28.5. The SMILES string of the molecule is C[SiH](O[Si](C)(C)C)O[Si](C)(CCC(F)(F)F)O[Si](C)(C)C.C[Si](C)(C)O[Si](C)(C)O[Si](C)(C)C.C[Si](C)(C)O[Si](C)(CCC(F)(F)F)O[Si](C)(C)C. The lowest BCUT2D eigenvalue weighted by Gasteiger charge is -2.38. The zero-order valence-electron chi connectivity index (χ0n) is 37.0. The molecular weight excluding hydrogens is 855 g/mol. The van der Waals surface area contributed by atoms with Gasteiger partial charge in [0.2, 0.25) is 0 Å². The normalized spacial score (nSPS) is 16.3. The van der Waals surface area contributed by atoms with E-state index in [1.54, 1.807) is 13.1 Å². The van der Waals surface area contributed by atoms with E-state index < -0.39 is 110 Å². The van der Waals surface area contributed by atoms with Gasteiger partial charge in [-0.05, 0) is 163 Å². The van der Waals surface area contributed by atoms with Crippen LogP contribution < -0.4 is 0 Å². The summed E-state index contributed by atoms with van der Waals surface area (Å²) < 4.78 is 117. The fourth-order valence-corrected chi connectivity index (χ4v) is 44.9. The first-order chi connectivity index (χ1) is 22.1. The molecule has 2 atom stereocenters. The van der Waals surface area contributed by atoms with Crippen molar-refractivity contribution in [2.45, 2.75) is 188 Å². The molecule has 0 aromatic carbocycles. The first-order valence-electron chi connectivity index (χ1n) is 18.0. The maximum Gasteiger partial charge on any atom is 0.389 e. The molecule has 7 nitrogen and oxygen atoms in total. The van der Waals surface area contributed by atoms with Crippen molar-refractivity contribution >= 4 is 84.9 Å². The zero-order chi connectivity index (χ0) is 42.9. The van der Waals surface area contributed by atoms with Gasteiger partial charge in [-0.2, -0.15) is 26.3 Å². The topological polar surface area (TPSA) is 64.6 Å². The number of halogens is 6. The summed E-state index contributed by atoms with van der Waals surface area (Å²) in [5, 5.41) is 0. The summed E-state index contributed by atoms with van der Waals surface area (Å²) in [5.41, 5.74) is 0. The summed E-state index contributed by atoms with van der Waals surface area (Å²) in [6.45, 7) is 47.0. The Morgan fingerprint density at radius 1 is 0.365 bits per heavy atom. The highest BCUT2D eigenvalue weighted by Crippen LogP contribution is 2.32. The molecular formula is C29H78F6O7Si10. The molecule has 0 aromatic rings. The van der Waals surface area contributed by atoms with Crippen LogP contribution >= 0.6 is 0 Å². The molecule has 0 bridgehead atoms. The lowest BCUT2D eigenvalue weighted by Crippen LogP contribution is -2.52. The van der Waals surface area contributed by atoms with Crippen molar-refractivity contribution in [1.29, 1.82) is 0 Å². The fourth-order valence-electron chi connectivity index (χ4n) is 5.31. The number of alkyl halides is 6. The van der Waals surface area contributed by atoms with Crippen molar-refractivity contribution in [2.75, 3.05) is 0 Å². The number of rotatable bonds is 18. The molecule has 0 saturated heterocycles. The van der Waals surface area contributed by atoms with Gasteiger partial charge < -0.3 is 28.8 Å². The van der Waals surface area contributed by atoms with Crippen molar-refractivity contribution < 1.29 is 55.1 Å². The average Bonchev–Trinajstić information content (AvgIpc) is 2.67. The molecule has 0 saturated carbocycles. The summed E-state index contributed by atoms with van der Waals surface area (Å²) in [7, 11) is -19.8. The van der Waals surface area contributed by atoms with Gasteiger partial charge in [0, 0.05) is 12.8 Å². The Labute approximate surface area is 326 Å². The van der Waals surface area contributed by atoms with E-state index in [1.807, 2.05) is 85.1 Å². The van der Waals surface area contributed by atoms with Crippen molar-refractivity contribution in [3.05, 3.63) is 0 Å². The molecule has 0 N–H and O–H groups in total. The van der Waals surface area contributed by atoms with Gasteiger partial charge >= 0.3 is 38.0 Å². The van der Waals surface area contributed by atoms with Crippen LogP contribution in [0.3, 0.4) is 0 Å². The molecule has 0 spiro atoms. The van der Waals surface area contributed by atoms with Gasteiger partial charge in [-0.25, -0.2) is 0 Å². The Balaban J connectivity index is -0.000000712. The lowest BCUT2D eigenvalue weighted by molar-refractivity contribution is -0.132. The molecule has 0 aliphatic rings. The van der Waals surface area contributed by atoms with E-state index >= 15 is 0 Å². The average molecular weight is 934 g/mol. The van der Waals surface area contributed by atoms with Gasteiger partial charge in [-0.3, -0.25) is 0 Å². The second-order valence-electron chi connectivity index (χ2n) is 19.9. The third kappa shape index (κ3) is 42.6. The van der Waals surface area contributed by atoms with Crippen molar-refractivity contribution in [3.63, 3.8) is 0 Å². The quantitative estimate of drug-likeness (QED) is 0.100. The van der Waals surface area contributed by atoms with Crippen LogP contribution in [0.4, 0.5) is 26.3 Å². The van der Waals surface area contributed by atoms with Gasteiger partial charge in [0.25, 0.3) is 9.28 Å². The molecule has 0 radical (unpaired) electrons.